The van der Waals surface area contributed by atoms with E-state index in [9.17, 15) is 4.79 Å². The summed E-state index contributed by atoms with van der Waals surface area (Å²) in [5.74, 6) is 1.06. The van der Waals surface area contributed by atoms with E-state index < -0.39 is 0 Å². The zero-order valence-corrected chi connectivity index (χ0v) is 15.9. The van der Waals surface area contributed by atoms with E-state index in [4.69, 9.17) is 4.74 Å². The van der Waals surface area contributed by atoms with Crippen molar-refractivity contribution in [3.8, 4) is 5.75 Å². The number of aromatic nitrogens is 2. The number of nitrogens with zero attached hydrogens (tertiary/aromatic N) is 2. The number of nitrogens with one attached hydrogen (secondary N) is 2. The maximum atomic E-state index is 12.4. The average molecular weight is 376 g/mol. The van der Waals surface area contributed by atoms with Crippen molar-refractivity contribution < 1.29 is 9.53 Å². The van der Waals surface area contributed by atoms with Gasteiger partial charge in [0.15, 0.2) is 0 Å². The number of anilines is 1. The van der Waals surface area contributed by atoms with Gasteiger partial charge < -0.3 is 15.4 Å². The highest BCUT2D eigenvalue weighted by Crippen LogP contribution is 2.17. The van der Waals surface area contributed by atoms with Crippen LogP contribution in [0.4, 0.5) is 5.95 Å². The quantitative estimate of drug-likeness (QED) is 0.600. The smallest absolute Gasteiger partial charge is 0.270 e. The Morgan fingerprint density at radius 2 is 1.75 bits per heavy atom. The van der Waals surface area contributed by atoms with E-state index in [1.54, 1.807) is 19.4 Å². The normalized spacial score (nSPS) is 10.3. The van der Waals surface area contributed by atoms with Crippen molar-refractivity contribution in [2.45, 2.75) is 12.8 Å². The topological polar surface area (TPSA) is 76.1 Å². The number of carbonyl (C=O) groups is 1. The molecule has 6 nitrogen and oxygen atoms in total. The molecule has 1 heterocycles. The lowest BCUT2D eigenvalue weighted by atomic mass is 10.1. The molecule has 0 aliphatic rings. The maximum absolute atomic E-state index is 12.4. The first-order valence-corrected chi connectivity index (χ1v) is 9.27. The van der Waals surface area contributed by atoms with Gasteiger partial charge in [-0.1, -0.05) is 48.5 Å². The largest absolute Gasteiger partial charge is 0.496 e. The third kappa shape index (κ3) is 5.54. The van der Waals surface area contributed by atoms with Crippen LogP contribution in [0.5, 0.6) is 5.75 Å². The molecule has 2 N–H and O–H groups in total. The molecule has 3 aromatic rings. The fourth-order valence-electron chi connectivity index (χ4n) is 2.84. The van der Waals surface area contributed by atoms with Gasteiger partial charge in [0.05, 0.1) is 7.11 Å². The summed E-state index contributed by atoms with van der Waals surface area (Å²) in [4.78, 5) is 20.9. The number of ether oxygens (including phenoxy) is 1. The molecule has 0 bridgehead atoms. The Kier molecular flexibility index (Phi) is 6.95. The van der Waals surface area contributed by atoms with Crippen molar-refractivity contribution in [1.82, 2.24) is 15.3 Å². The maximum Gasteiger partial charge on any atom is 0.270 e. The first-order chi connectivity index (χ1) is 13.8. The minimum Gasteiger partial charge on any atom is -0.496 e. The van der Waals surface area contributed by atoms with Gasteiger partial charge in [0.25, 0.3) is 5.91 Å². The molecule has 2 aromatic carbocycles. The van der Waals surface area contributed by atoms with Gasteiger partial charge in [-0.05, 0) is 36.1 Å². The number of para-hydroxylation sites is 1. The summed E-state index contributed by atoms with van der Waals surface area (Å²) in [5, 5.41) is 6.06. The van der Waals surface area contributed by atoms with Crippen LogP contribution in [-0.2, 0) is 12.8 Å². The third-order valence-corrected chi connectivity index (χ3v) is 4.30. The van der Waals surface area contributed by atoms with Gasteiger partial charge in [-0.3, -0.25) is 4.79 Å². The average Bonchev–Trinajstić information content (AvgIpc) is 2.75. The molecular formula is C22H24N4O2. The molecule has 0 spiro atoms. The standard InChI is InChI=1S/C22H24N4O2/c1-28-20-10-6-5-9-18(20)12-15-23-21(27)19-13-16-25-22(26-19)24-14-11-17-7-3-2-4-8-17/h2-10,13,16H,11-12,14-15H2,1H3,(H,23,27)(H,24,25,26). The first-order valence-electron chi connectivity index (χ1n) is 9.27. The van der Waals surface area contributed by atoms with Crippen LogP contribution in [0.15, 0.2) is 66.9 Å². The van der Waals surface area contributed by atoms with Crippen LogP contribution in [0.25, 0.3) is 0 Å². The van der Waals surface area contributed by atoms with Crippen molar-refractivity contribution in [3.63, 3.8) is 0 Å². The Bertz CT molecular complexity index is 900. The van der Waals surface area contributed by atoms with E-state index in [0.717, 1.165) is 17.7 Å². The number of rotatable bonds is 9. The summed E-state index contributed by atoms with van der Waals surface area (Å²) < 4.78 is 5.33. The van der Waals surface area contributed by atoms with Crippen molar-refractivity contribution in [1.29, 1.82) is 0 Å². The number of amides is 1. The molecule has 0 aliphatic heterocycles. The fourth-order valence-corrected chi connectivity index (χ4v) is 2.84. The SMILES string of the molecule is COc1ccccc1CCNC(=O)c1ccnc(NCCc2ccccc2)n1. The summed E-state index contributed by atoms with van der Waals surface area (Å²) in [5.41, 5.74) is 2.63. The molecule has 28 heavy (non-hydrogen) atoms. The van der Waals surface area contributed by atoms with Crippen LogP contribution in [-0.4, -0.2) is 36.1 Å². The van der Waals surface area contributed by atoms with E-state index in [2.05, 4.69) is 32.7 Å². The highest BCUT2D eigenvalue weighted by Gasteiger charge is 2.09. The van der Waals surface area contributed by atoms with Crippen LogP contribution in [0.1, 0.15) is 21.6 Å². The Morgan fingerprint density at radius 3 is 2.57 bits per heavy atom. The van der Waals surface area contributed by atoms with Gasteiger partial charge in [-0.25, -0.2) is 9.97 Å². The number of benzene rings is 2. The Morgan fingerprint density at radius 1 is 0.964 bits per heavy atom. The van der Waals surface area contributed by atoms with E-state index >= 15 is 0 Å². The first kappa shape index (κ1) is 19.4. The number of hydrogen-bond acceptors (Lipinski definition) is 5. The Balaban J connectivity index is 1.49. The molecule has 0 atom stereocenters. The van der Waals surface area contributed by atoms with Gasteiger partial charge in [0.2, 0.25) is 5.95 Å². The molecule has 0 saturated carbocycles. The van der Waals surface area contributed by atoms with Crippen molar-refractivity contribution >= 4 is 11.9 Å². The van der Waals surface area contributed by atoms with Crippen LogP contribution in [0.3, 0.4) is 0 Å². The summed E-state index contributed by atoms with van der Waals surface area (Å²) in [6.45, 7) is 1.20. The van der Waals surface area contributed by atoms with E-state index in [0.29, 0.717) is 31.2 Å². The van der Waals surface area contributed by atoms with E-state index in [-0.39, 0.29) is 5.91 Å². The van der Waals surface area contributed by atoms with Crippen LogP contribution < -0.4 is 15.4 Å². The molecular weight excluding hydrogens is 352 g/mol. The molecule has 6 heteroatoms. The van der Waals surface area contributed by atoms with E-state index in [1.165, 1.54) is 5.56 Å². The summed E-state index contributed by atoms with van der Waals surface area (Å²) in [7, 11) is 1.64. The summed E-state index contributed by atoms with van der Waals surface area (Å²) >= 11 is 0. The molecule has 1 aromatic heterocycles. The van der Waals surface area contributed by atoms with Crippen LogP contribution >= 0.6 is 0 Å². The summed E-state index contributed by atoms with van der Waals surface area (Å²) in [6.07, 6.45) is 3.13. The van der Waals surface area contributed by atoms with Gasteiger partial charge in [-0.15, -0.1) is 0 Å². The third-order valence-electron chi connectivity index (χ3n) is 4.30. The zero-order chi connectivity index (χ0) is 19.6. The van der Waals surface area contributed by atoms with Crippen molar-refractivity contribution in [2.24, 2.45) is 0 Å². The molecule has 0 radical (unpaired) electrons. The molecule has 0 fully saturated rings. The molecule has 0 unspecified atom stereocenters. The molecule has 144 valence electrons. The lowest BCUT2D eigenvalue weighted by molar-refractivity contribution is 0.0949. The Hall–Kier alpha value is -3.41. The highest BCUT2D eigenvalue weighted by atomic mass is 16.5. The monoisotopic (exact) mass is 376 g/mol. The van der Waals surface area contributed by atoms with Gasteiger partial charge in [0, 0.05) is 19.3 Å². The number of methoxy groups -OCH3 is 1. The summed E-state index contributed by atoms with van der Waals surface area (Å²) in [6, 6.07) is 19.6. The van der Waals surface area contributed by atoms with Gasteiger partial charge in [0.1, 0.15) is 11.4 Å². The second-order valence-corrected chi connectivity index (χ2v) is 6.25. The second kappa shape index (κ2) is 10.1. The van der Waals surface area contributed by atoms with Crippen molar-refractivity contribution in [2.75, 3.05) is 25.5 Å². The number of hydrogen-bond donors (Lipinski definition) is 2. The van der Waals surface area contributed by atoms with E-state index in [1.807, 2.05) is 42.5 Å². The number of carbonyl (C=O) groups excluding carboxylic acids is 1. The fraction of sp³-hybridized carbons (Fsp3) is 0.227. The minimum absolute atomic E-state index is 0.219. The van der Waals surface area contributed by atoms with Gasteiger partial charge in [-0.2, -0.15) is 0 Å². The molecule has 0 aliphatic carbocycles. The predicted molar refractivity (Wildman–Crippen MR) is 110 cm³/mol. The molecule has 1 amide bonds. The minimum atomic E-state index is -0.219. The van der Waals surface area contributed by atoms with Crippen molar-refractivity contribution in [3.05, 3.63) is 83.7 Å². The van der Waals surface area contributed by atoms with Crippen LogP contribution in [0, 0.1) is 0 Å². The predicted octanol–water partition coefficient (Wildman–Crippen LogP) is 3.11. The van der Waals surface area contributed by atoms with Gasteiger partial charge >= 0.3 is 0 Å². The molecule has 0 saturated heterocycles. The molecule has 3 rings (SSSR count). The lowest BCUT2D eigenvalue weighted by Crippen LogP contribution is -2.27. The lowest BCUT2D eigenvalue weighted by Gasteiger charge is -2.09. The highest BCUT2D eigenvalue weighted by molar-refractivity contribution is 5.92. The van der Waals surface area contributed by atoms with Crippen LogP contribution in [0.2, 0.25) is 0 Å². The zero-order valence-electron chi connectivity index (χ0n) is 15.9. The Labute approximate surface area is 165 Å². The second-order valence-electron chi connectivity index (χ2n) is 6.25.